The Morgan fingerprint density at radius 1 is 0.649 bits per heavy atom. The fraction of sp³-hybridized carbons (Fsp3) is 0.609. The molecule has 0 bridgehead atoms. The molecular formula is C46H76NO9P. The predicted molar refractivity (Wildman–Crippen MR) is 232 cm³/mol. The Bertz CT molecular complexity index is 1310. The number of rotatable bonds is 36. The molecule has 0 aromatic heterocycles. The zero-order chi connectivity index (χ0) is 42.3. The summed E-state index contributed by atoms with van der Waals surface area (Å²) >= 11 is 0. The van der Waals surface area contributed by atoms with Crippen LogP contribution in [0.25, 0.3) is 0 Å². The molecular weight excluding hydrogens is 741 g/mol. The van der Waals surface area contributed by atoms with Gasteiger partial charge in [0.2, 0.25) is 0 Å². The van der Waals surface area contributed by atoms with Crippen molar-refractivity contribution in [2.45, 2.75) is 135 Å². The first-order valence-electron chi connectivity index (χ1n) is 21.1. The van der Waals surface area contributed by atoms with Crippen molar-refractivity contribution >= 4 is 19.8 Å². The SMILES string of the molecule is CC/C=C\C/C=C\C/C=C\CCCCCCCC(=O)OC[C@H](COP(=O)([O-])OCC[N+](C)(C)C)OC(=O)CCC/C=C\C/C=C\C/C=C\C/C=C\C=C\[C@H](O)CC. The highest BCUT2D eigenvalue weighted by atomic mass is 31.2. The van der Waals surface area contributed by atoms with Crippen LogP contribution in [0.2, 0.25) is 0 Å². The number of quaternary nitrogens is 1. The third-order valence-corrected chi connectivity index (χ3v) is 9.22. The molecule has 324 valence electrons. The molecule has 0 saturated heterocycles. The summed E-state index contributed by atoms with van der Waals surface area (Å²) in [6.45, 7) is 3.65. The number of carbonyl (C=O) groups excluding carboxylic acids is 2. The number of phosphoric ester groups is 1. The summed E-state index contributed by atoms with van der Waals surface area (Å²) in [6, 6.07) is 0. The molecule has 0 saturated carbocycles. The van der Waals surface area contributed by atoms with Crippen LogP contribution in [0.1, 0.15) is 123 Å². The van der Waals surface area contributed by atoms with E-state index in [1.165, 1.54) is 0 Å². The van der Waals surface area contributed by atoms with Crippen LogP contribution in [0, 0.1) is 0 Å². The second-order valence-electron chi connectivity index (χ2n) is 14.8. The maximum atomic E-state index is 12.6. The minimum atomic E-state index is -4.66. The van der Waals surface area contributed by atoms with Gasteiger partial charge in [-0.05, 0) is 77.0 Å². The van der Waals surface area contributed by atoms with Crippen LogP contribution in [0.4, 0.5) is 0 Å². The number of unbranched alkanes of at least 4 members (excludes halogenated alkanes) is 6. The van der Waals surface area contributed by atoms with Crippen molar-refractivity contribution < 1.29 is 47.2 Å². The van der Waals surface area contributed by atoms with E-state index in [0.29, 0.717) is 36.7 Å². The molecule has 0 aliphatic carbocycles. The molecule has 0 aliphatic rings. The molecule has 0 amide bonds. The van der Waals surface area contributed by atoms with Crippen molar-refractivity contribution in [1.29, 1.82) is 0 Å². The van der Waals surface area contributed by atoms with Crippen LogP contribution in [0.15, 0.2) is 97.2 Å². The Morgan fingerprint density at radius 3 is 1.77 bits per heavy atom. The molecule has 0 fully saturated rings. The van der Waals surface area contributed by atoms with Gasteiger partial charge in [0, 0.05) is 12.8 Å². The number of aliphatic hydroxyl groups is 1. The van der Waals surface area contributed by atoms with E-state index in [4.69, 9.17) is 18.5 Å². The Morgan fingerprint density at radius 2 is 1.18 bits per heavy atom. The molecule has 3 atom stereocenters. The summed E-state index contributed by atoms with van der Waals surface area (Å²) in [7, 11) is 1.08. The first-order chi connectivity index (χ1) is 27.4. The summed E-state index contributed by atoms with van der Waals surface area (Å²) in [4.78, 5) is 37.5. The number of aliphatic hydroxyl groups excluding tert-OH is 1. The highest BCUT2D eigenvalue weighted by Crippen LogP contribution is 2.38. The highest BCUT2D eigenvalue weighted by molar-refractivity contribution is 7.45. The molecule has 1 N–H and O–H groups in total. The van der Waals surface area contributed by atoms with Crippen LogP contribution in [-0.2, 0) is 32.7 Å². The van der Waals surface area contributed by atoms with Gasteiger partial charge in [0.1, 0.15) is 19.8 Å². The fourth-order valence-electron chi connectivity index (χ4n) is 4.83. The summed E-state index contributed by atoms with van der Waals surface area (Å²) in [6.07, 6.45) is 45.4. The number of likely N-dealkylation sites (N-methyl/N-ethyl adjacent to an activating group) is 1. The predicted octanol–water partition coefficient (Wildman–Crippen LogP) is 10.1. The van der Waals surface area contributed by atoms with Crippen molar-refractivity contribution in [1.82, 2.24) is 0 Å². The van der Waals surface area contributed by atoms with Crippen LogP contribution in [0.3, 0.4) is 0 Å². The van der Waals surface area contributed by atoms with Crippen molar-refractivity contribution in [2.75, 3.05) is 47.5 Å². The van der Waals surface area contributed by atoms with E-state index in [-0.39, 0.29) is 32.2 Å². The average Bonchev–Trinajstić information content (AvgIpc) is 3.16. The number of hydrogen-bond donors (Lipinski definition) is 1. The molecule has 0 aliphatic heterocycles. The van der Waals surface area contributed by atoms with E-state index in [9.17, 15) is 24.2 Å². The van der Waals surface area contributed by atoms with Gasteiger partial charge in [-0.25, -0.2) is 0 Å². The van der Waals surface area contributed by atoms with Gasteiger partial charge in [0.15, 0.2) is 6.10 Å². The topological polar surface area (TPSA) is 131 Å². The second kappa shape index (κ2) is 37.2. The number of hydrogen-bond acceptors (Lipinski definition) is 9. The summed E-state index contributed by atoms with van der Waals surface area (Å²) in [5.41, 5.74) is 0. The standard InChI is InChI=1S/C46H76NO9P/c1-6-8-9-10-11-12-13-14-15-19-22-25-28-31-34-37-45(49)53-41-44(42-55-57(51,52)54-40-39-47(3,4)5)56-46(50)38-35-32-29-26-23-20-17-16-18-21-24-27-30-33-36-43(48)7-2/h8-9,11-12,14-15,17-18,20-21,26-27,29-30,33,36,43-44,48H,6-7,10,13,16,19,22-25,28,31-32,34-35,37-42H2,1-5H3/b9-8-,12-11-,15-14-,20-17-,21-18-,29-26-,30-27-,36-33+/t43-,44-/m1/s1. The normalized spacial score (nSPS) is 15.1. The lowest BCUT2D eigenvalue weighted by Crippen LogP contribution is -2.37. The molecule has 0 rings (SSSR count). The first kappa shape index (κ1) is 53.9. The Labute approximate surface area is 346 Å². The van der Waals surface area contributed by atoms with Crippen LogP contribution < -0.4 is 4.89 Å². The number of carbonyl (C=O) groups is 2. The number of allylic oxidation sites excluding steroid dienone is 15. The van der Waals surface area contributed by atoms with Crippen molar-refractivity contribution in [3.05, 3.63) is 97.2 Å². The molecule has 0 spiro atoms. The largest absolute Gasteiger partial charge is 0.756 e. The van der Waals surface area contributed by atoms with E-state index in [1.54, 1.807) is 6.08 Å². The molecule has 0 aromatic carbocycles. The average molecular weight is 818 g/mol. The lowest BCUT2D eigenvalue weighted by atomic mass is 10.1. The first-order valence-corrected chi connectivity index (χ1v) is 22.5. The van der Waals surface area contributed by atoms with Crippen molar-refractivity contribution in [3.8, 4) is 0 Å². The van der Waals surface area contributed by atoms with E-state index in [1.807, 2.05) is 58.4 Å². The van der Waals surface area contributed by atoms with Gasteiger partial charge in [-0.15, -0.1) is 0 Å². The smallest absolute Gasteiger partial charge is 0.306 e. The van der Waals surface area contributed by atoms with Gasteiger partial charge >= 0.3 is 11.9 Å². The molecule has 57 heavy (non-hydrogen) atoms. The molecule has 1 unspecified atom stereocenters. The molecule has 0 aromatic rings. The Kier molecular flexibility index (Phi) is 35.2. The summed E-state index contributed by atoms with van der Waals surface area (Å²) in [5, 5.41) is 9.48. The monoisotopic (exact) mass is 818 g/mol. The molecule has 0 heterocycles. The van der Waals surface area contributed by atoms with Gasteiger partial charge in [0.25, 0.3) is 7.82 Å². The number of phosphoric acid groups is 1. The third-order valence-electron chi connectivity index (χ3n) is 8.26. The van der Waals surface area contributed by atoms with Crippen molar-refractivity contribution in [3.63, 3.8) is 0 Å². The van der Waals surface area contributed by atoms with E-state index in [0.717, 1.165) is 70.6 Å². The molecule has 0 radical (unpaired) electrons. The quantitative estimate of drug-likeness (QED) is 0.0164. The Hall–Kier alpha value is -3.11. The summed E-state index contributed by atoms with van der Waals surface area (Å²) in [5.74, 6) is -0.955. The minimum absolute atomic E-state index is 0.0569. The number of nitrogens with zero attached hydrogens (tertiary/aromatic N) is 1. The highest BCUT2D eigenvalue weighted by Gasteiger charge is 2.21. The number of ether oxygens (including phenoxy) is 2. The van der Waals surface area contributed by atoms with Crippen LogP contribution in [-0.4, -0.2) is 81.2 Å². The Balaban J connectivity index is 4.56. The van der Waals surface area contributed by atoms with Crippen LogP contribution in [0.5, 0.6) is 0 Å². The van der Waals surface area contributed by atoms with Gasteiger partial charge < -0.3 is 33.0 Å². The zero-order valence-corrected chi connectivity index (χ0v) is 36.7. The van der Waals surface area contributed by atoms with Gasteiger partial charge in [-0.1, -0.05) is 130 Å². The molecule has 11 heteroatoms. The molecule has 10 nitrogen and oxygen atoms in total. The summed E-state index contributed by atoms with van der Waals surface area (Å²) < 4.78 is 33.7. The minimum Gasteiger partial charge on any atom is -0.756 e. The lowest BCUT2D eigenvalue weighted by molar-refractivity contribution is -0.870. The lowest BCUT2D eigenvalue weighted by Gasteiger charge is -2.28. The third kappa shape index (κ3) is 40.9. The maximum absolute atomic E-state index is 12.6. The van der Waals surface area contributed by atoms with E-state index >= 15 is 0 Å². The van der Waals surface area contributed by atoms with Crippen LogP contribution >= 0.6 is 7.82 Å². The maximum Gasteiger partial charge on any atom is 0.306 e. The zero-order valence-electron chi connectivity index (χ0n) is 35.8. The van der Waals surface area contributed by atoms with E-state index < -0.39 is 32.5 Å². The second-order valence-corrected chi connectivity index (χ2v) is 16.2. The van der Waals surface area contributed by atoms with E-state index in [2.05, 4.69) is 67.7 Å². The van der Waals surface area contributed by atoms with Crippen molar-refractivity contribution in [2.24, 2.45) is 0 Å². The number of esters is 2. The fourth-order valence-corrected chi connectivity index (χ4v) is 5.56. The van der Waals surface area contributed by atoms with Gasteiger partial charge in [0.05, 0.1) is 33.9 Å². The van der Waals surface area contributed by atoms with Gasteiger partial charge in [-0.2, -0.15) is 0 Å². The van der Waals surface area contributed by atoms with Gasteiger partial charge in [-0.3, -0.25) is 14.2 Å².